The number of sulfone groups is 1. The van der Waals surface area contributed by atoms with Gasteiger partial charge < -0.3 is 20.1 Å². The maximum absolute atomic E-state index is 15.0. The third kappa shape index (κ3) is 5.03. The molecule has 36 heavy (non-hydrogen) atoms. The molecule has 0 spiro atoms. The number of ether oxygens (including phenoxy) is 1. The Morgan fingerprint density at radius 2 is 1.92 bits per heavy atom. The van der Waals surface area contributed by atoms with Gasteiger partial charge in [0.25, 0.3) is 5.92 Å². The van der Waals surface area contributed by atoms with Gasteiger partial charge in [0.1, 0.15) is 29.8 Å². The second-order valence-electron chi connectivity index (χ2n) is 8.58. The molecule has 9 nitrogen and oxygen atoms in total. The van der Waals surface area contributed by atoms with Crippen molar-refractivity contribution in [1.82, 2.24) is 15.0 Å². The van der Waals surface area contributed by atoms with E-state index in [0.717, 1.165) is 6.07 Å². The standard InChI is InChI=1S/C23H26F3N5O4S/c1-13(15-5-4-6-17(19(15)24)23(25,26)12-32)27-20-16-11-18(31-7-9-36(33,34)10-8-31)22(35-3)30-21(16)29-14(2)28-20/h4-6,11,13,32H,7-10,12H2,1-3H3,(H,27,28,29,30)/t13-/m1/s1. The summed E-state index contributed by atoms with van der Waals surface area (Å²) < 4.78 is 72.3. The lowest BCUT2D eigenvalue weighted by Crippen LogP contribution is -2.40. The molecule has 2 aromatic heterocycles. The predicted molar refractivity (Wildman–Crippen MR) is 129 cm³/mol. The molecule has 1 aromatic carbocycles. The minimum Gasteiger partial charge on any atom is -0.479 e. The van der Waals surface area contributed by atoms with Crippen molar-refractivity contribution in [3.05, 3.63) is 47.0 Å². The third-order valence-electron chi connectivity index (χ3n) is 6.06. The number of methoxy groups -OCH3 is 1. The lowest BCUT2D eigenvalue weighted by atomic mass is 10.00. The maximum Gasteiger partial charge on any atom is 0.298 e. The van der Waals surface area contributed by atoms with E-state index in [2.05, 4.69) is 20.3 Å². The SMILES string of the molecule is COc1nc2nc(C)nc(N[C@H](C)c3cccc(C(F)(F)CO)c3F)c2cc1N1CCS(=O)(=O)CC1. The van der Waals surface area contributed by atoms with Gasteiger partial charge in [0.15, 0.2) is 15.5 Å². The van der Waals surface area contributed by atoms with Crippen molar-refractivity contribution in [2.45, 2.75) is 25.8 Å². The molecule has 0 amide bonds. The molecule has 0 aliphatic carbocycles. The summed E-state index contributed by atoms with van der Waals surface area (Å²) in [6.07, 6.45) is 0. The monoisotopic (exact) mass is 525 g/mol. The van der Waals surface area contributed by atoms with Crippen LogP contribution >= 0.6 is 0 Å². The number of pyridine rings is 1. The number of nitrogens with one attached hydrogen (secondary N) is 1. The first-order valence-electron chi connectivity index (χ1n) is 11.2. The normalized spacial score (nSPS) is 16.7. The topological polar surface area (TPSA) is 118 Å². The van der Waals surface area contributed by atoms with Crippen LogP contribution in [0.2, 0.25) is 0 Å². The lowest BCUT2D eigenvalue weighted by molar-refractivity contribution is -0.0583. The van der Waals surface area contributed by atoms with Crippen LogP contribution in [0.5, 0.6) is 5.88 Å². The van der Waals surface area contributed by atoms with E-state index in [1.807, 2.05) is 4.90 Å². The van der Waals surface area contributed by atoms with Crippen LogP contribution in [0.1, 0.15) is 29.9 Å². The molecular weight excluding hydrogens is 499 g/mol. The molecule has 4 rings (SSSR count). The number of halogens is 3. The highest BCUT2D eigenvalue weighted by atomic mass is 32.2. The van der Waals surface area contributed by atoms with E-state index in [9.17, 15) is 17.2 Å². The first-order chi connectivity index (χ1) is 17.0. The van der Waals surface area contributed by atoms with Gasteiger partial charge in [-0.1, -0.05) is 12.1 Å². The number of anilines is 2. The van der Waals surface area contributed by atoms with Gasteiger partial charge in [-0.2, -0.15) is 13.8 Å². The Bertz CT molecular complexity index is 1390. The number of fused-ring (bicyclic) bond motifs is 1. The van der Waals surface area contributed by atoms with E-state index in [1.165, 1.54) is 19.2 Å². The number of hydrogen-bond acceptors (Lipinski definition) is 9. The molecule has 3 heterocycles. The van der Waals surface area contributed by atoms with Crippen LogP contribution in [0.25, 0.3) is 11.0 Å². The van der Waals surface area contributed by atoms with Gasteiger partial charge in [-0.15, -0.1) is 0 Å². The van der Waals surface area contributed by atoms with Gasteiger partial charge in [-0.3, -0.25) is 0 Å². The minimum atomic E-state index is -3.73. The van der Waals surface area contributed by atoms with E-state index in [-0.39, 0.29) is 36.0 Å². The first kappa shape index (κ1) is 25.9. The van der Waals surface area contributed by atoms with Crippen LogP contribution < -0.4 is 15.0 Å². The summed E-state index contributed by atoms with van der Waals surface area (Å²) in [5.74, 6) is -3.93. The number of aromatic nitrogens is 3. The van der Waals surface area contributed by atoms with Crippen LogP contribution in [0.4, 0.5) is 24.7 Å². The van der Waals surface area contributed by atoms with Crippen LogP contribution in [0.15, 0.2) is 24.3 Å². The van der Waals surface area contributed by atoms with Crippen molar-refractivity contribution in [3.8, 4) is 5.88 Å². The highest BCUT2D eigenvalue weighted by Crippen LogP contribution is 2.36. The first-order valence-corrected chi connectivity index (χ1v) is 13.0. The predicted octanol–water partition coefficient (Wildman–Crippen LogP) is 2.97. The van der Waals surface area contributed by atoms with Gasteiger partial charge >= 0.3 is 0 Å². The second-order valence-corrected chi connectivity index (χ2v) is 10.9. The molecule has 1 saturated heterocycles. The number of hydrogen-bond donors (Lipinski definition) is 2. The smallest absolute Gasteiger partial charge is 0.298 e. The molecule has 1 aliphatic heterocycles. The number of benzene rings is 1. The number of aliphatic hydroxyl groups is 1. The average molecular weight is 526 g/mol. The zero-order valence-corrected chi connectivity index (χ0v) is 20.7. The number of aliphatic hydroxyl groups excluding tert-OH is 1. The Kier molecular flexibility index (Phi) is 6.97. The van der Waals surface area contributed by atoms with E-state index < -0.39 is 39.8 Å². The fourth-order valence-corrected chi connectivity index (χ4v) is 5.31. The molecule has 2 N–H and O–H groups in total. The lowest BCUT2D eigenvalue weighted by Gasteiger charge is -2.29. The summed E-state index contributed by atoms with van der Waals surface area (Å²) in [6, 6.07) is 4.55. The molecule has 0 saturated carbocycles. The minimum absolute atomic E-state index is 0.00514. The Balaban J connectivity index is 1.75. The Labute approximate surface area is 206 Å². The van der Waals surface area contributed by atoms with Crippen molar-refractivity contribution in [1.29, 1.82) is 0 Å². The maximum atomic E-state index is 15.0. The quantitative estimate of drug-likeness (QED) is 0.480. The zero-order valence-electron chi connectivity index (χ0n) is 19.9. The molecule has 1 atom stereocenters. The van der Waals surface area contributed by atoms with E-state index in [4.69, 9.17) is 9.84 Å². The molecule has 3 aromatic rings. The molecule has 0 unspecified atom stereocenters. The Hall–Kier alpha value is -3.19. The van der Waals surface area contributed by atoms with Gasteiger partial charge in [-0.05, 0) is 26.0 Å². The molecule has 194 valence electrons. The van der Waals surface area contributed by atoms with Crippen molar-refractivity contribution < 1.29 is 31.4 Å². The van der Waals surface area contributed by atoms with E-state index >= 15 is 4.39 Å². The van der Waals surface area contributed by atoms with Gasteiger partial charge in [0.2, 0.25) is 5.88 Å². The van der Waals surface area contributed by atoms with Gasteiger partial charge in [0.05, 0.1) is 35.6 Å². The summed E-state index contributed by atoms with van der Waals surface area (Å²) in [6.45, 7) is 2.24. The molecule has 0 bridgehead atoms. The number of nitrogens with zero attached hydrogens (tertiary/aromatic N) is 4. The van der Waals surface area contributed by atoms with E-state index in [1.54, 1.807) is 19.9 Å². The van der Waals surface area contributed by atoms with Crippen molar-refractivity contribution in [3.63, 3.8) is 0 Å². The average Bonchev–Trinajstić information content (AvgIpc) is 2.83. The molecular formula is C23H26F3N5O4S. The molecule has 13 heteroatoms. The summed E-state index contributed by atoms with van der Waals surface area (Å²) in [5.41, 5.74) is -0.0797. The Morgan fingerprint density at radius 1 is 1.22 bits per heavy atom. The largest absolute Gasteiger partial charge is 0.479 e. The summed E-state index contributed by atoms with van der Waals surface area (Å²) in [5, 5.41) is 12.5. The number of alkyl halides is 2. The van der Waals surface area contributed by atoms with Crippen molar-refractivity contribution >= 4 is 32.4 Å². The third-order valence-corrected chi connectivity index (χ3v) is 7.67. The van der Waals surface area contributed by atoms with Crippen molar-refractivity contribution in [2.75, 3.05) is 48.5 Å². The highest BCUT2D eigenvalue weighted by Gasteiger charge is 2.35. The van der Waals surface area contributed by atoms with Gasteiger partial charge in [-0.25, -0.2) is 22.8 Å². The fourth-order valence-electron chi connectivity index (χ4n) is 4.11. The molecule has 0 radical (unpaired) electrons. The molecule has 1 aliphatic rings. The molecule has 1 fully saturated rings. The fraction of sp³-hybridized carbons (Fsp3) is 0.435. The number of aryl methyl sites for hydroxylation is 1. The second kappa shape index (κ2) is 9.69. The highest BCUT2D eigenvalue weighted by molar-refractivity contribution is 7.91. The summed E-state index contributed by atoms with van der Waals surface area (Å²) in [7, 11) is -1.66. The van der Waals surface area contributed by atoms with Gasteiger partial charge in [0, 0.05) is 18.7 Å². The van der Waals surface area contributed by atoms with Crippen LogP contribution in [-0.2, 0) is 15.8 Å². The summed E-state index contributed by atoms with van der Waals surface area (Å²) >= 11 is 0. The number of rotatable bonds is 7. The summed E-state index contributed by atoms with van der Waals surface area (Å²) in [4.78, 5) is 15.1. The van der Waals surface area contributed by atoms with Crippen LogP contribution in [-0.4, -0.2) is 66.8 Å². The zero-order chi connectivity index (χ0) is 26.3. The van der Waals surface area contributed by atoms with Crippen LogP contribution in [0.3, 0.4) is 0 Å². The van der Waals surface area contributed by atoms with Crippen LogP contribution in [0, 0.1) is 12.7 Å². The Morgan fingerprint density at radius 3 is 2.56 bits per heavy atom. The van der Waals surface area contributed by atoms with E-state index in [0.29, 0.717) is 28.4 Å². The van der Waals surface area contributed by atoms with Crippen molar-refractivity contribution in [2.24, 2.45) is 0 Å².